The van der Waals surface area contributed by atoms with Gasteiger partial charge in [0.2, 0.25) is 0 Å². The number of benzene rings is 2. The van der Waals surface area contributed by atoms with Gasteiger partial charge in [-0.1, -0.05) is 42.5 Å². The molecule has 2 heterocycles. The summed E-state index contributed by atoms with van der Waals surface area (Å²) in [6.07, 6.45) is 2.26. The topological polar surface area (TPSA) is 41.9 Å². The molecule has 0 bridgehead atoms. The Morgan fingerprint density at radius 1 is 0.833 bits per heavy atom. The second-order valence-electron chi connectivity index (χ2n) is 5.85. The van der Waals surface area contributed by atoms with Gasteiger partial charge in [-0.05, 0) is 25.0 Å². The fraction of sp³-hybridized carbons (Fsp3) is 0.211. The van der Waals surface area contributed by atoms with Crippen molar-refractivity contribution < 1.29 is 4.39 Å². The molecule has 2 aromatic carbocycles. The molecule has 3 aromatic rings. The summed E-state index contributed by atoms with van der Waals surface area (Å²) in [6, 6.07) is 16.4. The number of anilines is 1. The molecule has 1 aliphatic rings. The van der Waals surface area contributed by atoms with Crippen LogP contribution < -0.4 is 4.90 Å². The standard InChI is InChI=1S/C19H17FN4/c20-16-11-5-4-10-15(16)18-21-19(24-12-6-7-13-24)17(22-23-18)14-8-2-1-3-9-14/h1-5,8-11H,6-7,12-13H2. The number of hydrogen-bond donors (Lipinski definition) is 0. The van der Waals surface area contributed by atoms with Crippen molar-refractivity contribution in [3.63, 3.8) is 0 Å². The van der Waals surface area contributed by atoms with E-state index in [0.29, 0.717) is 11.4 Å². The number of nitrogens with zero attached hydrogens (tertiary/aromatic N) is 4. The van der Waals surface area contributed by atoms with Crippen LogP contribution in [0.2, 0.25) is 0 Å². The highest BCUT2D eigenvalue weighted by atomic mass is 19.1. The van der Waals surface area contributed by atoms with Crippen LogP contribution >= 0.6 is 0 Å². The summed E-state index contributed by atoms with van der Waals surface area (Å²) in [4.78, 5) is 6.88. The molecule has 0 aliphatic carbocycles. The molecular weight excluding hydrogens is 303 g/mol. The van der Waals surface area contributed by atoms with Crippen LogP contribution in [0.25, 0.3) is 22.6 Å². The molecular formula is C19H17FN4. The first kappa shape index (κ1) is 14.8. The van der Waals surface area contributed by atoms with Crippen molar-refractivity contribution in [3.05, 3.63) is 60.4 Å². The predicted molar refractivity (Wildman–Crippen MR) is 92.1 cm³/mol. The van der Waals surface area contributed by atoms with Crippen LogP contribution in [-0.4, -0.2) is 28.3 Å². The Hall–Kier alpha value is -2.82. The molecule has 0 spiro atoms. The number of halogens is 1. The van der Waals surface area contributed by atoms with Crippen molar-refractivity contribution in [1.29, 1.82) is 0 Å². The van der Waals surface area contributed by atoms with E-state index in [1.807, 2.05) is 30.3 Å². The Labute approximate surface area is 140 Å². The summed E-state index contributed by atoms with van der Waals surface area (Å²) < 4.78 is 14.1. The van der Waals surface area contributed by atoms with Gasteiger partial charge in [-0.15, -0.1) is 10.2 Å². The second-order valence-corrected chi connectivity index (χ2v) is 5.85. The Bertz CT molecular complexity index is 845. The molecule has 5 heteroatoms. The first-order valence-electron chi connectivity index (χ1n) is 8.13. The van der Waals surface area contributed by atoms with E-state index in [4.69, 9.17) is 0 Å². The quantitative estimate of drug-likeness (QED) is 0.733. The average Bonchev–Trinajstić information content (AvgIpc) is 3.17. The summed E-state index contributed by atoms with van der Waals surface area (Å²) in [7, 11) is 0. The highest BCUT2D eigenvalue weighted by molar-refractivity contribution is 5.73. The van der Waals surface area contributed by atoms with Crippen molar-refractivity contribution in [2.45, 2.75) is 12.8 Å². The van der Waals surface area contributed by atoms with Crippen LogP contribution in [-0.2, 0) is 0 Å². The third-order valence-electron chi connectivity index (χ3n) is 4.24. The molecule has 4 rings (SSSR count). The van der Waals surface area contributed by atoms with Crippen LogP contribution in [0.5, 0.6) is 0 Å². The molecule has 0 atom stereocenters. The number of aromatic nitrogens is 3. The molecule has 4 nitrogen and oxygen atoms in total. The average molecular weight is 320 g/mol. The SMILES string of the molecule is Fc1ccccc1-c1nnc(-c2ccccc2)c(N2CCCC2)n1. The molecule has 1 aliphatic heterocycles. The minimum atomic E-state index is -0.334. The molecule has 0 N–H and O–H groups in total. The molecule has 0 amide bonds. The van der Waals surface area contributed by atoms with Gasteiger partial charge in [-0.2, -0.15) is 0 Å². The lowest BCUT2D eigenvalue weighted by atomic mass is 10.1. The van der Waals surface area contributed by atoms with Crippen LogP contribution in [0.4, 0.5) is 10.2 Å². The maximum absolute atomic E-state index is 14.1. The van der Waals surface area contributed by atoms with Gasteiger partial charge in [0.1, 0.15) is 11.5 Å². The van der Waals surface area contributed by atoms with Crippen molar-refractivity contribution in [2.75, 3.05) is 18.0 Å². The minimum absolute atomic E-state index is 0.328. The van der Waals surface area contributed by atoms with Gasteiger partial charge in [0.25, 0.3) is 0 Å². The smallest absolute Gasteiger partial charge is 0.186 e. The van der Waals surface area contributed by atoms with E-state index in [1.165, 1.54) is 6.07 Å². The lowest BCUT2D eigenvalue weighted by molar-refractivity contribution is 0.629. The maximum atomic E-state index is 14.1. The van der Waals surface area contributed by atoms with Crippen molar-refractivity contribution in [1.82, 2.24) is 15.2 Å². The summed E-state index contributed by atoms with van der Waals surface area (Å²) in [5, 5.41) is 8.58. The molecule has 0 saturated carbocycles. The van der Waals surface area contributed by atoms with Crippen molar-refractivity contribution in [2.24, 2.45) is 0 Å². The zero-order valence-corrected chi connectivity index (χ0v) is 13.2. The Kier molecular flexibility index (Phi) is 3.91. The first-order valence-corrected chi connectivity index (χ1v) is 8.13. The number of hydrogen-bond acceptors (Lipinski definition) is 4. The van der Waals surface area contributed by atoms with E-state index in [9.17, 15) is 4.39 Å². The third kappa shape index (κ3) is 2.73. The van der Waals surface area contributed by atoms with Crippen LogP contribution in [0.1, 0.15) is 12.8 Å². The van der Waals surface area contributed by atoms with Gasteiger partial charge in [-0.25, -0.2) is 9.37 Å². The monoisotopic (exact) mass is 320 g/mol. The highest BCUT2D eigenvalue weighted by Gasteiger charge is 2.21. The molecule has 1 aromatic heterocycles. The summed E-state index contributed by atoms with van der Waals surface area (Å²) in [5.41, 5.74) is 2.10. The van der Waals surface area contributed by atoms with E-state index in [0.717, 1.165) is 43.0 Å². The van der Waals surface area contributed by atoms with E-state index in [-0.39, 0.29) is 5.82 Å². The minimum Gasteiger partial charge on any atom is -0.355 e. The van der Waals surface area contributed by atoms with Crippen LogP contribution in [0, 0.1) is 5.82 Å². The molecule has 24 heavy (non-hydrogen) atoms. The summed E-state index contributed by atoms with van der Waals surface area (Å²) >= 11 is 0. The van der Waals surface area contributed by atoms with Gasteiger partial charge in [0.05, 0.1) is 5.56 Å². The Morgan fingerprint density at radius 2 is 1.54 bits per heavy atom. The van der Waals surface area contributed by atoms with Crippen LogP contribution in [0.3, 0.4) is 0 Å². The van der Waals surface area contributed by atoms with Gasteiger partial charge < -0.3 is 4.90 Å². The van der Waals surface area contributed by atoms with Gasteiger partial charge >= 0.3 is 0 Å². The molecule has 0 unspecified atom stereocenters. The zero-order chi connectivity index (χ0) is 16.4. The van der Waals surface area contributed by atoms with E-state index >= 15 is 0 Å². The largest absolute Gasteiger partial charge is 0.355 e. The summed E-state index contributed by atoms with van der Waals surface area (Å²) in [6.45, 7) is 1.88. The fourth-order valence-electron chi connectivity index (χ4n) is 3.01. The lowest BCUT2D eigenvalue weighted by Gasteiger charge is -2.19. The molecule has 0 radical (unpaired) electrons. The summed E-state index contributed by atoms with van der Waals surface area (Å²) in [5.74, 6) is 0.778. The zero-order valence-electron chi connectivity index (χ0n) is 13.2. The van der Waals surface area contributed by atoms with E-state index in [2.05, 4.69) is 20.1 Å². The second kappa shape index (κ2) is 6.35. The maximum Gasteiger partial charge on any atom is 0.186 e. The van der Waals surface area contributed by atoms with Crippen molar-refractivity contribution in [3.8, 4) is 22.6 Å². The highest BCUT2D eigenvalue weighted by Crippen LogP contribution is 2.31. The third-order valence-corrected chi connectivity index (χ3v) is 4.24. The van der Waals surface area contributed by atoms with Crippen molar-refractivity contribution >= 4 is 5.82 Å². The first-order chi connectivity index (χ1) is 11.8. The van der Waals surface area contributed by atoms with Gasteiger partial charge in [0, 0.05) is 18.7 Å². The fourth-order valence-corrected chi connectivity index (χ4v) is 3.01. The Morgan fingerprint density at radius 3 is 2.29 bits per heavy atom. The van der Waals surface area contributed by atoms with Crippen LogP contribution in [0.15, 0.2) is 54.6 Å². The lowest BCUT2D eigenvalue weighted by Crippen LogP contribution is -2.21. The predicted octanol–water partition coefficient (Wildman–Crippen LogP) is 3.94. The molecule has 1 saturated heterocycles. The molecule has 1 fully saturated rings. The number of rotatable bonds is 3. The van der Waals surface area contributed by atoms with E-state index < -0.39 is 0 Å². The molecule has 120 valence electrons. The van der Waals surface area contributed by atoms with Gasteiger partial charge in [0.15, 0.2) is 11.6 Å². The van der Waals surface area contributed by atoms with Gasteiger partial charge in [-0.3, -0.25) is 0 Å². The normalized spacial score (nSPS) is 14.1. The Balaban J connectivity index is 1.85. The van der Waals surface area contributed by atoms with E-state index in [1.54, 1.807) is 18.2 Å².